The molecule has 62 valence electrons. The molecule has 11 heavy (non-hydrogen) atoms. The van der Waals surface area contributed by atoms with Gasteiger partial charge in [0.05, 0.1) is 0 Å². The van der Waals surface area contributed by atoms with Gasteiger partial charge in [-0.25, -0.2) is 4.79 Å². The van der Waals surface area contributed by atoms with Gasteiger partial charge in [0.2, 0.25) is 0 Å². The van der Waals surface area contributed by atoms with Gasteiger partial charge in [-0.2, -0.15) is 8.42 Å². The molecule has 0 spiro atoms. The van der Waals surface area contributed by atoms with Crippen molar-refractivity contribution >= 4 is 80.3 Å². The summed E-state index contributed by atoms with van der Waals surface area (Å²) in [4.78, 5) is 9.91. The molecular formula is CH3KO7S2. The molecule has 10 heteroatoms. The van der Waals surface area contributed by atoms with Gasteiger partial charge in [-0.15, -0.1) is 0 Å². The van der Waals surface area contributed by atoms with Crippen molar-refractivity contribution in [2.24, 2.45) is 0 Å². The molecule has 0 aromatic carbocycles. The monoisotopic (exact) mass is 230 g/mol. The topological polar surface area (TPSA) is 110 Å². The van der Waals surface area contributed by atoms with Gasteiger partial charge < -0.3 is 8.37 Å². The van der Waals surface area contributed by atoms with E-state index >= 15 is 0 Å². The predicted octanol–water partition coefficient (Wildman–Crippen LogP) is -1.24. The summed E-state index contributed by atoms with van der Waals surface area (Å²) in [6.07, 6.45) is -1.69. The van der Waals surface area contributed by atoms with E-state index in [1.54, 1.807) is 0 Å². The maximum absolute atomic E-state index is 9.91. The molecule has 0 fully saturated rings. The summed E-state index contributed by atoms with van der Waals surface area (Å²) < 4.78 is 41.6. The Hall–Kier alpha value is 1.13. The van der Waals surface area contributed by atoms with E-state index in [1.165, 1.54) is 0 Å². The minimum absolute atomic E-state index is 0. The van der Waals surface area contributed by atoms with Crippen molar-refractivity contribution in [3.8, 4) is 0 Å². The number of carbonyl (C=O) groups is 1. The van der Waals surface area contributed by atoms with Gasteiger partial charge in [0.15, 0.2) is 0 Å². The number of hydrogen-bond acceptors (Lipinski definition) is 5. The van der Waals surface area contributed by atoms with Gasteiger partial charge in [-0.05, 0) is 0 Å². The molecule has 0 bridgehead atoms. The minimum atomic E-state index is -2.83. The SMILES string of the molecule is O=C(OS(=O)O)OS(=O)O.[KH]. The Morgan fingerprint density at radius 3 is 1.55 bits per heavy atom. The number of carbonyl (C=O) groups excluding carboxylic acids is 1. The second kappa shape index (κ2) is 7.76. The molecule has 0 aromatic heterocycles. The Morgan fingerprint density at radius 2 is 1.36 bits per heavy atom. The van der Waals surface area contributed by atoms with Crippen LogP contribution in [-0.4, -0.2) is 75.1 Å². The summed E-state index contributed by atoms with van der Waals surface area (Å²) in [5.41, 5.74) is 0. The first-order valence-corrected chi connectivity index (χ1v) is 3.71. The fourth-order valence-corrected chi connectivity index (χ4v) is 0.474. The molecule has 0 amide bonds. The summed E-state index contributed by atoms with van der Waals surface area (Å²) in [5, 5.41) is 0. The molecular weight excluding hydrogens is 227 g/mol. The van der Waals surface area contributed by atoms with Crippen LogP contribution in [0.4, 0.5) is 4.79 Å². The van der Waals surface area contributed by atoms with Crippen LogP contribution in [0.3, 0.4) is 0 Å². The summed E-state index contributed by atoms with van der Waals surface area (Å²) >= 11 is -5.66. The number of rotatable bonds is 2. The summed E-state index contributed by atoms with van der Waals surface area (Å²) in [7, 11) is 0. The second-order valence-corrected chi connectivity index (χ2v) is 2.05. The fraction of sp³-hybridized carbons (Fsp3) is 0. The van der Waals surface area contributed by atoms with Crippen LogP contribution >= 0.6 is 0 Å². The van der Waals surface area contributed by atoms with E-state index in [0.717, 1.165) is 0 Å². The second-order valence-electron chi connectivity index (χ2n) is 0.851. The van der Waals surface area contributed by atoms with Crippen LogP contribution in [-0.2, 0) is 31.1 Å². The van der Waals surface area contributed by atoms with Gasteiger partial charge in [-0.1, -0.05) is 0 Å². The van der Waals surface area contributed by atoms with Gasteiger partial charge in [0.25, 0.3) is 0 Å². The molecule has 0 saturated heterocycles. The maximum atomic E-state index is 9.91. The van der Waals surface area contributed by atoms with Crippen LogP contribution in [0.2, 0.25) is 0 Å². The van der Waals surface area contributed by atoms with Crippen LogP contribution in [0.15, 0.2) is 0 Å². The zero-order valence-corrected chi connectivity index (χ0v) is 5.89. The molecule has 7 nitrogen and oxygen atoms in total. The molecule has 0 radical (unpaired) electrons. The third-order valence-electron chi connectivity index (χ3n) is 0.279. The molecule has 0 heterocycles. The van der Waals surface area contributed by atoms with Crippen LogP contribution in [0.25, 0.3) is 0 Å². The van der Waals surface area contributed by atoms with E-state index in [0.29, 0.717) is 0 Å². The van der Waals surface area contributed by atoms with E-state index in [9.17, 15) is 13.2 Å². The Balaban J connectivity index is 0. The Labute approximate surface area is 109 Å². The number of hydrogen-bond donors (Lipinski definition) is 2. The summed E-state index contributed by atoms with van der Waals surface area (Å²) in [6.45, 7) is 0. The van der Waals surface area contributed by atoms with E-state index in [2.05, 4.69) is 8.37 Å². The van der Waals surface area contributed by atoms with Crippen molar-refractivity contribution in [1.29, 1.82) is 0 Å². The fourth-order valence-electron chi connectivity index (χ4n) is 0.130. The van der Waals surface area contributed by atoms with E-state index in [1.807, 2.05) is 0 Å². The Bertz CT molecular complexity index is 159. The third-order valence-corrected chi connectivity index (χ3v) is 0.836. The van der Waals surface area contributed by atoms with Crippen LogP contribution < -0.4 is 0 Å². The third kappa shape index (κ3) is 11.1. The van der Waals surface area contributed by atoms with Crippen LogP contribution in [0, 0.1) is 0 Å². The van der Waals surface area contributed by atoms with Crippen LogP contribution in [0.1, 0.15) is 0 Å². The first-order chi connectivity index (χ1) is 4.52. The Kier molecular flexibility index (Phi) is 10.3. The molecule has 0 aromatic rings. The normalized spacial score (nSPS) is 14.0. The quantitative estimate of drug-likeness (QED) is 0.451. The predicted molar refractivity (Wildman–Crippen MR) is 36.3 cm³/mol. The van der Waals surface area contributed by atoms with Gasteiger partial charge in [0, 0.05) is 0 Å². The molecule has 0 saturated carbocycles. The molecule has 0 rings (SSSR count). The first kappa shape index (κ1) is 14.6. The molecule has 0 aliphatic rings. The van der Waals surface area contributed by atoms with Crippen molar-refractivity contribution in [2.45, 2.75) is 0 Å². The van der Waals surface area contributed by atoms with Gasteiger partial charge in [-0.3, -0.25) is 9.11 Å². The van der Waals surface area contributed by atoms with Crippen molar-refractivity contribution < 1.29 is 30.7 Å². The van der Waals surface area contributed by atoms with E-state index < -0.39 is 28.9 Å². The summed E-state index contributed by atoms with van der Waals surface area (Å²) in [5.74, 6) is 0. The van der Waals surface area contributed by atoms with Crippen LogP contribution in [0.5, 0.6) is 0 Å². The zero-order chi connectivity index (χ0) is 8.15. The molecule has 0 aliphatic heterocycles. The van der Waals surface area contributed by atoms with E-state index in [-0.39, 0.29) is 51.4 Å². The van der Waals surface area contributed by atoms with E-state index in [4.69, 9.17) is 9.11 Å². The van der Waals surface area contributed by atoms with Gasteiger partial charge >= 0.3 is 80.3 Å². The zero-order valence-electron chi connectivity index (χ0n) is 4.25. The summed E-state index contributed by atoms with van der Waals surface area (Å²) in [6, 6.07) is 0. The molecule has 2 N–H and O–H groups in total. The average Bonchev–Trinajstić information content (AvgIpc) is 1.58. The first-order valence-electron chi connectivity index (χ1n) is 1.64. The molecule has 0 aliphatic carbocycles. The van der Waals surface area contributed by atoms with Crippen molar-refractivity contribution in [1.82, 2.24) is 0 Å². The average molecular weight is 230 g/mol. The molecule has 2 atom stereocenters. The standard InChI is InChI=1S/CH2O7S2.K.H/c2-1(7-9(3)4)8-10(5)6;;/h(H,3,4)(H,5,6);;. The molecule has 2 unspecified atom stereocenters. The Morgan fingerprint density at radius 1 is 1.09 bits per heavy atom. The van der Waals surface area contributed by atoms with Crippen molar-refractivity contribution in [3.05, 3.63) is 0 Å². The van der Waals surface area contributed by atoms with Crippen molar-refractivity contribution in [2.75, 3.05) is 0 Å². The van der Waals surface area contributed by atoms with Crippen molar-refractivity contribution in [3.63, 3.8) is 0 Å². The van der Waals surface area contributed by atoms with Gasteiger partial charge in [0.1, 0.15) is 0 Å².